The van der Waals surface area contributed by atoms with E-state index in [2.05, 4.69) is 10.3 Å². The van der Waals surface area contributed by atoms with Crippen LogP contribution in [0.5, 0.6) is 0 Å². The fraction of sp³-hybridized carbons (Fsp3) is 0.222. The fourth-order valence-corrected chi connectivity index (χ4v) is 2.32. The van der Waals surface area contributed by atoms with Crippen molar-refractivity contribution in [2.45, 2.75) is 13.1 Å². The number of aliphatic imine (C=N–C) groups is 1. The summed E-state index contributed by atoms with van der Waals surface area (Å²) in [4.78, 5) is 5.95. The van der Waals surface area contributed by atoms with E-state index in [0.717, 1.165) is 5.56 Å². The van der Waals surface area contributed by atoms with Crippen LogP contribution in [0.3, 0.4) is 0 Å². The molecule has 132 valence electrons. The monoisotopic (exact) mass is 456 g/mol. The van der Waals surface area contributed by atoms with E-state index in [0.29, 0.717) is 23.6 Å². The lowest BCUT2D eigenvalue weighted by molar-refractivity contribution is 0.473. The van der Waals surface area contributed by atoms with E-state index in [1.165, 1.54) is 30.3 Å². The molecule has 2 aromatic rings. The molecule has 0 saturated carbocycles. The highest BCUT2D eigenvalue weighted by atomic mass is 127. The van der Waals surface area contributed by atoms with Gasteiger partial charge in [0.15, 0.2) is 5.96 Å². The number of nitrogens with one attached hydrogen (secondary N) is 1. The quantitative estimate of drug-likeness (QED) is 0.434. The molecule has 1 N–H and O–H groups in total. The van der Waals surface area contributed by atoms with E-state index >= 15 is 0 Å². The van der Waals surface area contributed by atoms with Crippen molar-refractivity contribution in [1.29, 1.82) is 5.26 Å². The molecule has 2 rings (SSSR count). The number of hydrogen-bond acceptors (Lipinski definition) is 2. The van der Waals surface area contributed by atoms with Gasteiger partial charge in [0.2, 0.25) is 0 Å². The van der Waals surface area contributed by atoms with E-state index in [-0.39, 0.29) is 42.2 Å². The Kier molecular flexibility index (Phi) is 8.28. The maximum absolute atomic E-state index is 13.8. The second-order valence-corrected chi connectivity index (χ2v) is 5.30. The summed E-state index contributed by atoms with van der Waals surface area (Å²) in [5.41, 5.74) is 1.59. The summed E-state index contributed by atoms with van der Waals surface area (Å²) in [6.07, 6.45) is 0. The van der Waals surface area contributed by atoms with Crippen molar-refractivity contribution in [2.24, 2.45) is 4.99 Å². The molecule has 0 aliphatic carbocycles. The van der Waals surface area contributed by atoms with Crippen LogP contribution in [0.15, 0.2) is 47.5 Å². The Labute approximate surface area is 163 Å². The van der Waals surface area contributed by atoms with E-state index in [1.54, 1.807) is 18.0 Å². The number of hydrogen-bond donors (Lipinski definition) is 1. The summed E-state index contributed by atoms with van der Waals surface area (Å²) in [5, 5.41) is 11.9. The smallest absolute Gasteiger partial charge is 0.193 e. The lowest BCUT2D eigenvalue weighted by Crippen LogP contribution is -2.38. The topological polar surface area (TPSA) is 51.4 Å². The van der Waals surface area contributed by atoms with Crippen LogP contribution in [0, 0.1) is 23.0 Å². The van der Waals surface area contributed by atoms with E-state index in [4.69, 9.17) is 5.26 Å². The van der Waals surface area contributed by atoms with Gasteiger partial charge < -0.3 is 10.2 Å². The summed E-state index contributed by atoms with van der Waals surface area (Å²) in [5.74, 6) is -0.134. The van der Waals surface area contributed by atoms with Crippen LogP contribution < -0.4 is 5.32 Å². The minimum absolute atomic E-state index is 0. The molecule has 0 heterocycles. The highest BCUT2D eigenvalue weighted by Crippen LogP contribution is 2.11. The fourth-order valence-electron chi connectivity index (χ4n) is 2.32. The van der Waals surface area contributed by atoms with Gasteiger partial charge in [-0.25, -0.2) is 8.78 Å². The normalized spacial score (nSPS) is 10.6. The van der Waals surface area contributed by atoms with Crippen LogP contribution in [-0.4, -0.2) is 25.0 Å². The van der Waals surface area contributed by atoms with Crippen molar-refractivity contribution >= 4 is 29.9 Å². The molecular weight excluding hydrogens is 437 g/mol. The molecule has 0 spiro atoms. The van der Waals surface area contributed by atoms with Gasteiger partial charge >= 0.3 is 0 Å². The molecule has 0 bridgehead atoms. The molecule has 0 aliphatic rings. The third kappa shape index (κ3) is 5.98. The minimum Gasteiger partial charge on any atom is -0.352 e. The highest BCUT2D eigenvalue weighted by molar-refractivity contribution is 14.0. The summed E-state index contributed by atoms with van der Waals surface area (Å²) in [7, 11) is 3.43. The molecule has 0 atom stereocenters. The van der Waals surface area contributed by atoms with Gasteiger partial charge in [0.1, 0.15) is 11.6 Å². The lowest BCUT2D eigenvalue weighted by Gasteiger charge is -2.22. The standard InChI is InChI=1S/C18H18F2N4.HI/c1-22-18(24(2)12-14-4-3-5-16(19)9-14)23-11-15-8-13(10-21)6-7-17(15)20;/h3-9H,11-12H2,1-2H3,(H,22,23);1H. The first-order chi connectivity index (χ1) is 11.5. The Morgan fingerprint density at radius 3 is 2.64 bits per heavy atom. The van der Waals surface area contributed by atoms with Crippen molar-refractivity contribution < 1.29 is 8.78 Å². The number of halogens is 3. The largest absolute Gasteiger partial charge is 0.352 e. The number of benzene rings is 2. The van der Waals surface area contributed by atoms with Crippen LogP contribution in [0.4, 0.5) is 8.78 Å². The van der Waals surface area contributed by atoms with Crippen molar-refractivity contribution in [1.82, 2.24) is 10.2 Å². The van der Waals surface area contributed by atoms with E-state index in [9.17, 15) is 8.78 Å². The summed E-state index contributed by atoms with van der Waals surface area (Å²) in [6.45, 7) is 0.652. The van der Waals surface area contributed by atoms with Crippen LogP contribution in [0.2, 0.25) is 0 Å². The third-order valence-corrected chi connectivity index (χ3v) is 3.49. The lowest BCUT2D eigenvalue weighted by atomic mass is 10.1. The van der Waals surface area contributed by atoms with Gasteiger partial charge in [0.25, 0.3) is 0 Å². The zero-order valence-electron chi connectivity index (χ0n) is 14.0. The van der Waals surface area contributed by atoms with Crippen molar-refractivity contribution in [3.05, 3.63) is 70.8 Å². The van der Waals surface area contributed by atoms with Gasteiger partial charge in [0, 0.05) is 32.7 Å². The maximum atomic E-state index is 13.8. The second-order valence-electron chi connectivity index (χ2n) is 5.30. The Morgan fingerprint density at radius 2 is 2.00 bits per heavy atom. The molecule has 25 heavy (non-hydrogen) atoms. The maximum Gasteiger partial charge on any atom is 0.193 e. The van der Waals surface area contributed by atoms with Gasteiger partial charge in [0.05, 0.1) is 11.6 Å². The Bertz CT molecular complexity index is 787. The molecule has 0 amide bonds. The van der Waals surface area contributed by atoms with Gasteiger partial charge in [-0.1, -0.05) is 12.1 Å². The molecule has 7 heteroatoms. The zero-order valence-corrected chi connectivity index (χ0v) is 16.3. The van der Waals surface area contributed by atoms with E-state index < -0.39 is 0 Å². The number of nitriles is 1. The van der Waals surface area contributed by atoms with Crippen molar-refractivity contribution in [2.75, 3.05) is 14.1 Å². The first kappa shape index (κ1) is 20.8. The summed E-state index contributed by atoms with van der Waals surface area (Å²) < 4.78 is 27.1. The van der Waals surface area contributed by atoms with Gasteiger partial charge in [-0.15, -0.1) is 24.0 Å². The van der Waals surface area contributed by atoms with Crippen LogP contribution in [0.1, 0.15) is 16.7 Å². The van der Waals surface area contributed by atoms with Crippen LogP contribution in [0.25, 0.3) is 0 Å². The third-order valence-electron chi connectivity index (χ3n) is 3.49. The molecule has 0 aromatic heterocycles. The van der Waals surface area contributed by atoms with E-state index in [1.807, 2.05) is 19.2 Å². The van der Waals surface area contributed by atoms with Gasteiger partial charge in [-0.2, -0.15) is 5.26 Å². The molecule has 0 unspecified atom stereocenters. The Balaban J connectivity index is 0.00000312. The first-order valence-electron chi connectivity index (χ1n) is 7.38. The summed E-state index contributed by atoms with van der Waals surface area (Å²) >= 11 is 0. The average Bonchev–Trinajstić information content (AvgIpc) is 2.57. The number of rotatable bonds is 4. The first-order valence-corrected chi connectivity index (χ1v) is 7.38. The van der Waals surface area contributed by atoms with Crippen molar-refractivity contribution in [3.63, 3.8) is 0 Å². The molecule has 4 nitrogen and oxygen atoms in total. The summed E-state index contributed by atoms with van der Waals surface area (Å²) in [6, 6.07) is 12.5. The number of nitrogens with zero attached hydrogens (tertiary/aromatic N) is 3. The number of guanidine groups is 1. The van der Waals surface area contributed by atoms with Gasteiger partial charge in [-0.3, -0.25) is 4.99 Å². The predicted octanol–water partition coefficient (Wildman–Crippen LogP) is 3.66. The SMILES string of the molecule is CN=C(NCc1cc(C#N)ccc1F)N(C)Cc1cccc(F)c1.I. The minimum atomic E-state index is -0.385. The Morgan fingerprint density at radius 1 is 1.24 bits per heavy atom. The second kappa shape index (κ2) is 9.93. The molecule has 2 aromatic carbocycles. The van der Waals surface area contributed by atoms with Gasteiger partial charge in [-0.05, 0) is 35.9 Å². The molecule has 0 aliphatic heterocycles. The van der Waals surface area contributed by atoms with Crippen LogP contribution in [-0.2, 0) is 13.1 Å². The zero-order chi connectivity index (χ0) is 17.5. The van der Waals surface area contributed by atoms with Crippen molar-refractivity contribution in [3.8, 4) is 6.07 Å². The molecule has 0 fully saturated rings. The van der Waals surface area contributed by atoms with Crippen LogP contribution >= 0.6 is 24.0 Å². The highest BCUT2D eigenvalue weighted by Gasteiger charge is 2.09. The molecule has 0 saturated heterocycles. The molecule has 0 radical (unpaired) electrons. The Hall–Kier alpha value is -2.21. The average molecular weight is 456 g/mol. The molecular formula is C18H19F2IN4. The predicted molar refractivity (Wildman–Crippen MR) is 105 cm³/mol.